The smallest absolute Gasteiger partial charge is 0.244 e. The molecule has 1 atom stereocenters. The van der Waals surface area contributed by atoms with E-state index in [4.69, 9.17) is 34.8 Å². The van der Waals surface area contributed by atoms with Crippen molar-refractivity contribution in [2.24, 2.45) is 0 Å². The zero-order chi connectivity index (χ0) is 24.9. The van der Waals surface area contributed by atoms with Crippen molar-refractivity contribution in [3.05, 3.63) is 62.6 Å². The molecule has 0 spiro atoms. The maximum absolute atomic E-state index is 13.5. The Labute approximate surface area is 209 Å². The summed E-state index contributed by atoms with van der Waals surface area (Å²) in [5.41, 5.74) is 1.67. The largest absolute Gasteiger partial charge is 0.357 e. The molecule has 0 saturated heterocycles. The molecule has 2 rings (SSSR count). The summed E-state index contributed by atoms with van der Waals surface area (Å²) in [7, 11) is -2.36. The Kier molecular flexibility index (Phi) is 9.43. The molecule has 0 aliphatic heterocycles. The van der Waals surface area contributed by atoms with E-state index in [2.05, 4.69) is 5.32 Å². The third-order valence-corrected chi connectivity index (χ3v) is 7.38. The van der Waals surface area contributed by atoms with Crippen LogP contribution in [0, 0.1) is 6.92 Å². The lowest BCUT2D eigenvalue weighted by atomic mass is 10.1. The van der Waals surface area contributed by atoms with Gasteiger partial charge in [-0.25, -0.2) is 8.42 Å². The first kappa shape index (κ1) is 27.2. The molecule has 0 radical (unpaired) electrons. The predicted octanol–water partition coefficient (Wildman–Crippen LogP) is 4.27. The van der Waals surface area contributed by atoms with Crippen molar-refractivity contribution in [1.29, 1.82) is 0 Å². The summed E-state index contributed by atoms with van der Waals surface area (Å²) in [6, 6.07) is 8.82. The quantitative estimate of drug-likeness (QED) is 0.520. The molecule has 2 aromatic rings. The Morgan fingerprint density at radius 2 is 1.70 bits per heavy atom. The number of halogens is 3. The fourth-order valence-electron chi connectivity index (χ4n) is 3.27. The number of sulfonamides is 1. The highest BCUT2D eigenvalue weighted by atomic mass is 35.5. The van der Waals surface area contributed by atoms with E-state index in [-0.39, 0.29) is 18.1 Å². The summed E-state index contributed by atoms with van der Waals surface area (Å²) < 4.78 is 26.1. The molecule has 0 aliphatic carbocycles. The molecule has 0 bridgehead atoms. The first-order chi connectivity index (χ1) is 15.4. The number of likely N-dealkylation sites (N-methyl/N-ethyl adjacent to an activating group) is 1. The number of hydrogen-bond acceptors (Lipinski definition) is 4. The molecular weight excluding hydrogens is 509 g/mol. The minimum Gasteiger partial charge on any atom is -0.357 e. The Bertz CT molecular complexity index is 1140. The maximum Gasteiger partial charge on any atom is 0.244 e. The highest BCUT2D eigenvalue weighted by Gasteiger charge is 2.31. The van der Waals surface area contributed by atoms with Gasteiger partial charge in [0, 0.05) is 18.6 Å². The van der Waals surface area contributed by atoms with Gasteiger partial charge < -0.3 is 10.2 Å². The number of nitrogens with zero attached hydrogens (tertiary/aromatic N) is 2. The van der Waals surface area contributed by atoms with Gasteiger partial charge in [0.1, 0.15) is 12.6 Å². The van der Waals surface area contributed by atoms with Crippen LogP contribution in [-0.2, 0) is 26.2 Å². The third kappa shape index (κ3) is 6.99. The minimum absolute atomic E-state index is 0.0356. The van der Waals surface area contributed by atoms with Crippen molar-refractivity contribution in [3.63, 3.8) is 0 Å². The van der Waals surface area contributed by atoms with Gasteiger partial charge in [0.05, 0.1) is 22.0 Å². The van der Waals surface area contributed by atoms with Gasteiger partial charge in [0.15, 0.2) is 0 Å². The number of rotatable bonds is 9. The Morgan fingerprint density at radius 1 is 1.03 bits per heavy atom. The van der Waals surface area contributed by atoms with Crippen LogP contribution >= 0.6 is 34.8 Å². The molecule has 33 heavy (non-hydrogen) atoms. The molecule has 0 aromatic heterocycles. The molecule has 0 aliphatic rings. The first-order valence-electron chi connectivity index (χ1n) is 10.1. The molecule has 7 nitrogen and oxygen atoms in total. The van der Waals surface area contributed by atoms with Crippen LogP contribution in [0.2, 0.25) is 15.1 Å². The van der Waals surface area contributed by atoms with Gasteiger partial charge in [0.2, 0.25) is 21.8 Å². The molecule has 0 fully saturated rings. The number of hydrogen-bond donors (Lipinski definition) is 1. The standard InChI is InChI=1S/C22H26Cl3N3O4S/c1-5-20(22(30)26-3)27(12-15-7-9-17(23)19(25)10-15)21(29)13-28(33(4,31)32)16-8-6-14(2)18(24)11-16/h6-11,20H,5,12-13H2,1-4H3,(H,26,30). The van der Waals surface area contributed by atoms with Crippen molar-refractivity contribution in [1.82, 2.24) is 10.2 Å². The lowest BCUT2D eigenvalue weighted by molar-refractivity contribution is -0.140. The van der Waals surface area contributed by atoms with E-state index >= 15 is 0 Å². The summed E-state index contributed by atoms with van der Waals surface area (Å²) in [6.45, 7) is 3.08. The summed E-state index contributed by atoms with van der Waals surface area (Å²) in [5.74, 6) is -0.922. The molecule has 11 heteroatoms. The van der Waals surface area contributed by atoms with E-state index < -0.39 is 28.5 Å². The van der Waals surface area contributed by atoms with Crippen LogP contribution in [0.1, 0.15) is 24.5 Å². The molecule has 1 unspecified atom stereocenters. The molecule has 0 saturated carbocycles. The number of nitrogens with one attached hydrogen (secondary N) is 1. The van der Waals surface area contributed by atoms with Crippen molar-refractivity contribution in [2.75, 3.05) is 24.2 Å². The van der Waals surface area contributed by atoms with Crippen molar-refractivity contribution in [3.8, 4) is 0 Å². The van der Waals surface area contributed by atoms with Crippen LogP contribution in [0.3, 0.4) is 0 Å². The molecule has 2 amide bonds. The molecule has 1 N–H and O–H groups in total. The lowest BCUT2D eigenvalue weighted by Gasteiger charge is -2.32. The van der Waals surface area contributed by atoms with Crippen molar-refractivity contribution in [2.45, 2.75) is 32.9 Å². The van der Waals surface area contributed by atoms with Gasteiger partial charge >= 0.3 is 0 Å². The van der Waals surface area contributed by atoms with Crippen LogP contribution in [0.5, 0.6) is 0 Å². The van der Waals surface area contributed by atoms with E-state index in [1.54, 1.807) is 44.2 Å². The number of carbonyl (C=O) groups excluding carboxylic acids is 2. The Morgan fingerprint density at radius 3 is 2.21 bits per heavy atom. The minimum atomic E-state index is -3.83. The Hall–Kier alpha value is -2.00. The van der Waals surface area contributed by atoms with Gasteiger partial charge in [-0.05, 0) is 48.7 Å². The number of carbonyl (C=O) groups is 2. The first-order valence-corrected chi connectivity index (χ1v) is 13.1. The number of benzene rings is 2. The van der Waals surface area contributed by atoms with Crippen LogP contribution < -0.4 is 9.62 Å². The molecular formula is C22H26Cl3N3O4S. The van der Waals surface area contributed by atoms with Crippen molar-refractivity contribution < 1.29 is 18.0 Å². The monoisotopic (exact) mass is 533 g/mol. The second-order valence-corrected chi connectivity index (χ2v) is 10.6. The number of amides is 2. The second-order valence-electron chi connectivity index (χ2n) is 7.51. The number of anilines is 1. The van der Waals surface area contributed by atoms with E-state index in [1.807, 2.05) is 0 Å². The summed E-state index contributed by atoms with van der Waals surface area (Å²) in [5, 5.41) is 3.60. The third-order valence-electron chi connectivity index (χ3n) is 5.09. The van der Waals surface area contributed by atoms with Gasteiger partial charge in [-0.15, -0.1) is 0 Å². The Balaban J connectivity index is 2.46. The normalized spacial score (nSPS) is 12.2. The van der Waals surface area contributed by atoms with Crippen LogP contribution in [0.15, 0.2) is 36.4 Å². The van der Waals surface area contributed by atoms with Crippen LogP contribution in [-0.4, -0.2) is 51.0 Å². The van der Waals surface area contributed by atoms with E-state index in [1.165, 1.54) is 18.0 Å². The fourth-order valence-corrected chi connectivity index (χ4v) is 4.61. The molecule has 180 valence electrons. The van der Waals surface area contributed by atoms with Crippen LogP contribution in [0.25, 0.3) is 0 Å². The number of aryl methyl sites for hydroxylation is 1. The lowest BCUT2D eigenvalue weighted by Crippen LogP contribution is -2.51. The van der Waals surface area contributed by atoms with Gasteiger partial charge in [-0.2, -0.15) is 0 Å². The predicted molar refractivity (Wildman–Crippen MR) is 134 cm³/mol. The SMILES string of the molecule is CCC(C(=O)NC)N(Cc1ccc(Cl)c(Cl)c1)C(=O)CN(c1ccc(C)c(Cl)c1)S(C)(=O)=O. The highest BCUT2D eigenvalue weighted by molar-refractivity contribution is 7.92. The van der Waals surface area contributed by atoms with Crippen molar-refractivity contribution >= 4 is 62.3 Å². The zero-order valence-electron chi connectivity index (χ0n) is 18.7. The average Bonchev–Trinajstić information content (AvgIpc) is 2.75. The topological polar surface area (TPSA) is 86.8 Å². The van der Waals surface area contributed by atoms with E-state index in [0.29, 0.717) is 27.1 Å². The fraction of sp³-hybridized carbons (Fsp3) is 0.364. The van der Waals surface area contributed by atoms with Gasteiger partial charge in [-0.1, -0.05) is 53.9 Å². The molecule has 2 aromatic carbocycles. The summed E-state index contributed by atoms with van der Waals surface area (Å²) in [6.07, 6.45) is 1.33. The van der Waals surface area contributed by atoms with Gasteiger partial charge in [0.25, 0.3) is 0 Å². The zero-order valence-corrected chi connectivity index (χ0v) is 21.8. The second kappa shape index (κ2) is 11.4. The summed E-state index contributed by atoms with van der Waals surface area (Å²) >= 11 is 18.3. The van der Waals surface area contributed by atoms with E-state index in [9.17, 15) is 18.0 Å². The summed E-state index contributed by atoms with van der Waals surface area (Å²) in [4.78, 5) is 27.3. The van der Waals surface area contributed by atoms with E-state index in [0.717, 1.165) is 16.1 Å². The average molecular weight is 535 g/mol. The highest BCUT2D eigenvalue weighted by Crippen LogP contribution is 2.27. The van der Waals surface area contributed by atoms with Gasteiger partial charge in [-0.3, -0.25) is 13.9 Å². The molecule has 0 heterocycles. The van der Waals surface area contributed by atoms with Crippen LogP contribution in [0.4, 0.5) is 5.69 Å². The maximum atomic E-state index is 13.5.